The van der Waals surface area contributed by atoms with Gasteiger partial charge < -0.3 is 0 Å². The first kappa shape index (κ1) is 24.0. The molecule has 0 bridgehead atoms. The van der Waals surface area contributed by atoms with Crippen LogP contribution in [0.15, 0.2) is 65.4 Å². The fraction of sp³-hybridized carbons (Fsp3) is 0.296. The number of aryl methyl sites for hydroxylation is 3. The van der Waals surface area contributed by atoms with Gasteiger partial charge in [-0.2, -0.15) is 0 Å². The predicted molar refractivity (Wildman–Crippen MR) is 131 cm³/mol. The topological polar surface area (TPSA) is 42.9 Å². The molecule has 2 aromatic heterocycles. The highest BCUT2D eigenvalue weighted by Gasteiger charge is 2.16. The number of carbonyl (C=O) groups is 1. The molecular formula is C27H28BrFN2O. The second-order valence-corrected chi connectivity index (χ2v) is 8.68. The Morgan fingerprint density at radius 2 is 1.81 bits per heavy atom. The van der Waals surface area contributed by atoms with Crippen LogP contribution in [0.25, 0.3) is 6.08 Å². The molecule has 0 aliphatic heterocycles. The number of allylic oxidation sites excluding steroid dienone is 1. The van der Waals surface area contributed by atoms with E-state index >= 15 is 0 Å². The van der Waals surface area contributed by atoms with E-state index in [0.717, 1.165) is 65.5 Å². The monoisotopic (exact) mass is 494 g/mol. The average Bonchev–Trinajstić information content (AvgIpc) is 2.79. The summed E-state index contributed by atoms with van der Waals surface area (Å²) < 4.78 is 14.2. The number of benzene rings is 1. The van der Waals surface area contributed by atoms with Crippen molar-refractivity contribution < 1.29 is 9.18 Å². The second-order valence-electron chi connectivity index (χ2n) is 7.82. The summed E-state index contributed by atoms with van der Waals surface area (Å²) in [5, 5.41) is 0. The molecule has 3 nitrogen and oxygen atoms in total. The molecule has 0 aliphatic carbocycles. The fourth-order valence-electron chi connectivity index (χ4n) is 3.70. The Kier molecular flexibility index (Phi) is 9.29. The van der Waals surface area contributed by atoms with Crippen LogP contribution in [0.5, 0.6) is 0 Å². The molecule has 0 aliphatic rings. The Labute approximate surface area is 198 Å². The molecule has 166 valence electrons. The molecule has 0 radical (unpaired) electrons. The average molecular weight is 495 g/mol. The highest BCUT2D eigenvalue weighted by atomic mass is 79.9. The first-order valence-electron chi connectivity index (χ1n) is 11.1. The molecule has 3 aromatic rings. The van der Waals surface area contributed by atoms with Gasteiger partial charge >= 0.3 is 0 Å². The van der Waals surface area contributed by atoms with Gasteiger partial charge in [-0.15, -0.1) is 0 Å². The number of halogens is 2. The van der Waals surface area contributed by atoms with Crippen molar-refractivity contribution in [2.45, 2.75) is 51.9 Å². The van der Waals surface area contributed by atoms with Crippen molar-refractivity contribution in [3.05, 3.63) is 99.3 Å². The van der Waals surface area contributed by atoms with Crippen molar-refractivity contribution in [1.82, 2.24) is 9.97 Å². The van der Waals surface area contributed by atoms with E-state index < -0.39 is 0 Å². The number of aromatic nitrogens is 2. The maximum absolute atomic E-state index is 13.4. The molecule has 0 saturated heterocycles. The summed E-state index contributed by atoms with van der Waals surface area (Å²) in [5.41, 5.74) is 4.50. The van der Waals surface area contributed by atoms with Gasteiger partial charge in [0.1, 0.15) is 5.82 Å². The number of nitrogens with zero attached hydrogens (tertiary/aromatic N) is 2. The van der Waals surface area contributed by atoms with Crippen molar-refractivity contribution in [1.29, 1.82) is 0 Å². The van der Waals surface area contributed by atoms with Gasteiger partial charge in [0.25, 0.3) is 0 Å². The second kappa shape index (κ2) is 12.4. The third-order valence-corrected chi connectivity index (χ3v) is 5.95. The van der Waals surface area contributed by atoms with Gasteiger partial charge in [-0.25, -0.2) is 4.39 Å². The first-order chi connectivity index (χ1) is 15.6. The van der Waals surface area contributed by atoms with E-state index in [1.165, 1.54) is 6.07 Å². The molecule has 32 heavy (non-hydrogen) atoms. The highest BCUT2D eigenvalue weighted by Crippen LogP contribution is 2.24. The Morgan fingerprint density at radius 1 is 1.03 bits per heavy atom. The Balaban J connectivity index is 1.65. The normalized spacial score (nSPS) is 11.2. The van der Waals surface area contributed by atoms with Crippen molar-refractivity contribution >= 4 is 27.8 Å². The third-order valence-electron chi connectivity index (χ3n) is 5.32. The van der Waals surface area contributed by atoms with E-state index in [-0.39, 0.29) is 11.6 Å². The van der Waals surface area contributed by atoms with E-state index in [2.05, 4.69) is 20.9 Å². The van der Waals surface area contributed by atoms with Gasteiger partial charge in [0.05, 0.1) is 11.4 Å². The zero-order valence-corrected chi connectivity index (χ0v) is 19.9. The van der Waals surface area contributed by atoms with Gasteiger partial charge in [0, 0.05) is 28.9 Å². The largest absolute Gasteiger partial charge is 0.294 e. The van der Waals surface area contributed by atoms with Gasteiger partial charge in [0.15, 0.2) is 5.78 Å². The van der Waals surface area contributed by atoms with E-state index in [9.17, 15) is 9.18 Å². The molecule has 0 unspecified atom stereocenters. The maximum Gasteiger partial charge on any atom is 0.164 e. The summed E-state index contributed by atoms with van der Waals surface area (Å²) in [6.07, 6.45) is 12.9. The van der Waals surface area contributed by atoms with Crippen LogP contribution in [0.3, 0.4) is 0 Å². The van der Waals surface area contributed by atoms with Crippen molar-refractivity contribution in [3.63, 3.8) is 0 Å². The van der Waals surface area contributed by atoms with Crippen molar-refractivity contribution in [2.24, 2.45) is 0 Å². The summed E-state index contributed by atoms with van der Waals surface area (Å²) in [6.45, 7) is 1.95. The Hall–Kier alpha value is -2.66. The number of rotatable bonds is 11. The van der Waals surface area contributed by atoms with E-state index in [4.69, 9.17) is 4.98 Å². The third kappa shape index (κ3) is 7.20. The smallest absolute Gasteiger partial charge is 0.164 e. The van der Waals surface area contributed by atoms with E-state index in [0.29, 0.717) is 12.0 Å². The molecular weight excluding hydrogens is 467 g/mol. The minimum Gasteiger partial charge on any atom is -0.294 e. The van der Waals surface area contributed by atoms with Gasteiger partial charge in [-0.05, 0) is 103 Å². The van der Waals surface area contributed by atoms with Gasteiger partial charge in [-0.1, -0.05) is 24.3 Å². The van der Waals surface area contributed by atoms with Crippen LogP contribution < -0.4 is 0 Å². The Morgan fingerprint density at radius 3 is 2.56 bits per heavy atom. The molecule has 5 heteroatoms. The zero-order chi connectivity index (χ0) is 22.8. The van der Waals surface area contributed by atoms with Crippen molar-refractivity contribution in [2.75, 3.05) is 0 Å². The summed E-state index contributed by atoms with van der Waals surface area (Å²) in [5.74, 6) is -0.0820. The van der Waals surface area contributed by atoms with Gasteiger partial charge in [0.2, 0.25) is 0 Å². The number of Topliss-reactive ketones (excluding diaryl/α,β-unsaturated/α-hetero) is 1. The molecule has 0 spiro atoms. The lowest BCUT2D eigenvalue weighted by atomic mass is 9.98. The minimum atomic E-state index is -0.202. The molecule has 3 rings (SSSR count). The molecule has 0 N–H and O–H groups in total. The van der Waals surface area contributed by atoms with Gasteiger partial charge in [-0.3, -0.25) is 14.8 Å². The highest BCUT2D eigenvalue weighted by molar-refractivity contribution is 9.10. The fourth-order valence-corrected chi connectivity index (χ4v) is 4.15. The predicted octanol–water partition coefficient (Wildman–Crippen LogP) is 7.18. The SMILES string of the molecule is C/C=C/c1nc(CCCCc2cccc(F)c2)c(C(=O)CCCc2cccnc2)cc1Br. The van der Waals surface area contributed by atoms with Crippen molar-refractivity contribution in [3.8, 4) is 0 Å². The molecule has 0 fully saturated rings. The lowest BCUT2D eigenvalue weighted by molar-refractivity contribution is 0.0978. The van der Waals surface area contributed by atoms with Crippen LogP contribution in [0, 0.1) is 5.82 Å². The summed E-state index contributed by atoms with van der Waals surface area (Å²) in [6, 6.07) is 12.6. The summed E-state index contributed by atoms with van der Waals surface area (Å²) >= 11 is 3.56. The standard InChI is InChI=1S/C27H28BrFN2O/c1-2-8-26-24(28)18-23(27(32)15-6-11-21-12-7-16-30-19-21)25(31-26)14-4-3-9-20-10-5-13-22(29)17-20/h2,5,7-8,10,12-13,16-19H,3-4,6,9,11,14-15H2,1H3/b8-2+. The molecule has 0 amide bonds. The lowest BCUT2D eigenvalue weighted by Gasteiger charge is -2.11. The van der Waals surface area contributed by atoms with Crippen LogP contribution in [-0.4, -0.2) is 15.8 Å². The lowest BCUT2D eigenvalue weighted by Crippen LogP contribution is -2.08. The number of unbranched alkanes of at least 4 members (excludes halogenated alkanes) is 1. The van der Waals surface area contributed by atoms with E-state index in [1.807, 2.05) is 49.5 Å². The molecule has 0 atom stereocenters. The number of carbonyl (C=O) groups excluding carboxylic acids is 1. The summed E-state index contributed by atoms with van der Waals surface area (Å²) in [7, 11) is 0. The van der Waals surface area contributed by atoms with Crippen LogP contribution in [0.4, 0.5) is 4.39 Å². The minimum absolute atomic E-state index is 0.120. The number of hydrogen-bond acceptors (Lipinski definition) is 3. The summed E-state index contributed by atoms with van der Waals surface area (Å²) in [4.78, 5) is 21.9. The number of pyridine rings is 2. The number of ketones is 1. The van der Waals surface area contributed by atoms with Crippen LogP contribution in [-0.2, 0) is 19.3 Å². The van der Waals surface area contributed by atoms with Crippen LogP contribution >= 0.6 is 15.9 Å². The molecule has 0 saturated carbocycles. The molecule has 2 heterocycles. The quantitative estimate of drug-likeness (QED) is 0.209. The zero-order valence-electron chi connectivity index (χ0n) is 18.4. The maximum atomic E-state index is 13.4. The Bertz CT molecular complexity index is 1070. The van der Waals surface area contributed by atoms with Crippen LogP contribution in [0.1, 0.15) is 65.5 Å². The first-order valence-corrected chi connectivity index (χ1v) is 11.8. The van der Waals surface area contributed by atoms with E-state index in [1.54, 1.807) is 18.3 Å². The van der Waals surface area contributed by atoms with Crippen LogP contribution in [0.2, 0.25) is 0 Å². The molecule has 1 aromatic carbocycles. The number of hydrogen-bond donors (Lipinski definition) is 0.